The minimum atomic E-state index is -1.82. The zero-order chi connectivity index (χ0) is 14.3. The van der Waals surface area contributed by atoms with Crippen molar-refractivity contribution in [2.45, 2.75) is 45.6 Å². The third kappa shape index (κ3) is 3.73. The Kier molecular flexibility index (Phi) is 6.98. The van der Waals surface area contributed by atoms with E-state index in [4.69, 9.17) is 0 Å². The molecule has 0 aliphatic carbocycles. The number of hydrogen-bond donors (Lipinski definition) is 3. The third-order valence-corrected chi connectivity index (χ3v) is 3.35. The minimum Gasteiger partial charge on any atom is -0.479 e. The van der Waals surface area contributed by atoms with Gasteiger partial charge in [0.15, 0.2) is 11.3 Å². The van der Waals surface area contributed by atoms with Gasteiger partial charge >= 0.3 is 5.97 Å². The average Bonchev–Trinajstić information content (AvgIpc) is 2.35. The maximum Gasteiger partial charge on any atom is 0.337 e. The van der Waals surface area contributed by atoms with Crippen molar-refractivity contribution in [3.8, 4) is 0 Å². The molecule has 1 amide bonds. The van der Waals surface area contributed by atoms with Crippen LogP contribution in [0.5, 0.6) is 0 Å². The summed E-state index contributed by atoms with van der Waals surface area (Å²) >= 11 is 4.01. The second-order valence-corrected chi connectivity index (χ2v) is 4.68. The average molecular weight is 275 g/mol. The molecule has 104 valence electrons. The molecule has 2 unspecified atom stereocenters. The summed E-state index contributed by atoms with van der Waals surface area (Å²) in [6.07, 6.45) is 0.716. The molecule has 18 heavy (non-hydrogen) atoms. The van der Waals surface area contributed by atoms with E-state index in [0.29, 0.717) is 6.42 Å². The largest absolute Gasteiger partial charge is 0.479 e. The van der Waals surface area contributed by atoms with E-state index in [1.165, 1.54) is 0 Å². The highest BCUT2D eigenvalue weighted by atomic mass is 32.1. The molecule has 0 spiro atoms. The van der Waals surface area contributed by atoms with E-state index in [-0.39, 0.29) is 18.6 Å². The molecule has 2 atom stereocenters. The molecular formula is C12H21NO4S. The first-order chi connectivity index (χ1) is 8.35. The monoisotopic (exact) mass is 275 g/mol. The number of thiol groups is 1. The minimum absolute atomic E-state index is 0.0883. The fourth-order valence-electron chi connectivity index (χ4n) is 1.72. The van der Waals surface area contributed by atoms with Gasteiger partial charge in [-0.1, -0.05) is 27.2 Å². The molecule has 0 aromatic carbocycles. The van der Waals surface area contributed by atoms with Gasteiger partial charge in [-0.15, -0.1) is 0 Å². The van der Waals surface area contributed by atoms with Gasteiger partial charge < -0.3 is 10.4 Å². The summed E-state index contributed by atoms with van der Waals surface area (Å²) in [5.41, 5.74) is -1.82. The highest BCUT2D eigenvalue weighted by Crippen LogP contribution is 2.21. The lowest BCUT2D eigenvalue weighted by molar-refractivity contribution is -0.154. The number of carboxylic acid groups (broad SMARTS) is 1. The van der Waals surface area contributed by atoms with Crippen LogP contribution in [0.3, 0.4) is 0 Å². The van der Waals surface area contributed by atoms with Gasteiger partial charge in [-0.05, 0) is 12.2 Å². The van der Waals surface area contributed by atoms with E-state index < -0.39 is 29.1 Å². The van der Waals surface area contributed by atoms with Gasteiger partial charge in [-0.3, -0.25) is 9.59 Å². The number of ketones is 1. The summed E-state index contributed by atoms with van der Waals surface area (Å²) in [4.78, 5) is 35.2. The van der Waals surface area contributed by atoms with Gasteiger partial charge in [0.1, 0.15) is 0 Å². The predicted octanol–water partition coefficient (Wildman–Crippen LogP) is 1.27. The van der Waals surface area contributed by atoms with Gasteiger partial charge in [-0.25, -0.2) is 4.79 Å². The van der Waals surface area contributed by atoms with Gasteiger partial charge in [0.05, 0.1) is 0 Å². The van der Waals surface area contributed by atoms with Crippen LogP contribution in [0.25, 0.3) is 0 Å². The molecule has 0 radical (unpaired) electrons. The fourth-order valence-corrected chi connectivity index (χ4v) is 1.88. The molecule has 5 nitrogen and oxygen atoms in total. The lowest BCUT2D eigenvalue weighted by Crippen LogP contribution is -2.61. The molecule has 6 heteroatoms. The van der Waals surface area contributed by atoms with Crippen molar-refractivity contribution in [3.63, 3.8) is 0 Å². The summed E-state index contributed by atoms with van der Waals surface area (Å²) in [6.45, 7) is 5.00. The van der Waals surface area contributed by atoms with Crippen LogP contribution in [0.4, 0.5) is 0 Å². The maximum atomic E-state index is 12.2. The number of hydrogen-bond acceptors (Lipinski definition) is 4. The van der Waals surface area contributed by atoms with Crippen molar-refractivity contribution < 1.29 is 19.5 Å². The lowest BCUT2D eigenvalue weighted by atomic mass is 9.83. The second-order valence-electron chi connectivity index (χ2n) is 4.31. The van der Waals surface area contributed by atoms with Crippen molar-refractivity contribution in [1.29, 1.82) is 0 Å². The maximum absolute atomic E-state index is 12.2. The molecule has 0 saturated heterocycles. The predicted molar refractivity (Wildman–Crippen MR) is 71.7 cm³/mol. The quantitative estimate of drug-likeness (QED) is 0.460. The van der Waals surface area contributed by atoms with Crippen molar-refractivity contribution in [1.82, 2.24) is 5.32 Å². The molecule has 0 saturated carbocycles. The molecule has 0 fully saturated rings. The van der Waals surface area contributed by atoms with Crippen LogP contribution in [0, 0.1) is 5.92 Å². The topological polar surface area (TPSA) is 83.5 Å². The Hall–Kier alpha value is -1.04. The Labute approximate surface area is 113 Å². The van der Waals surface area contributed by atoms with Crippen molar-refractivity contribution in [2.24, 2.45) is 5.92 Å². The standard InChI is InChI=1S/C12H21NO4S/c1-4-6-12(11(16)17,13-9(14)5-2)10(15)8(3)7-18/h8,18H,4-7H2,1-3H3,(H,13,14)(H,16,17). The number of nitrogens with one attached hydrogen (secondary N) is 1. The molecule has 0 aliphatic heterocycles. The van der Waals surface area contributed by atoms with Crippen molar-refractivity contribution in [2.75, 3.05) is 5.75 Å². The lowest BCUT2D eigenvalue weighted by Gasteiger charge is -2.30. The first-order valence-electron chi connectivity index (χ1n) is 6.05. The number of Topliss-reactive ketones (excluding diaryl/α,β-unsaturated/α-hetero) is 1. The van der Waals surface area contributed by atoms with Crippen LogP contribution in [0.15, 0.2) is 0 Å². The fraction of sp³-hybridized carbons (Fsp3) is 0.750. The van der Waals surface area contributed by atoms with Crippen LogP contribution < -0.4 is 5.32 Å². The highest BCUT2D eigenvalue weighted by molar-refractivity contribution is 7.80. The second kappa shape index (κ2) is 7.41. The van der Waals surface area contributed by atoms with Crippen LogP contribution in [0.2, 0.25) is 0 Å². The first-order valence-corrected chi connectivity index (χ1v) is 6.68. The summed E-state index contributed by atoms with van der Waals surface area (Å²) < 4.78 is 0. The highest BCUT2D eigenvalue weighted by Gasteiger charge is 2.47. The molecule has 0 rings (SSSR count). The van der Waals surface area contributed by atoms with Gasteiger partial charge in [0, 0.05) is 12.3 Å². The Morgan fingerprint density at radius 2 is 1.89 bits per heavy atom. The van der Waals surface area contributed by atoms with Crippen molar-refractivity contribution >= 4 is 30.3 Å². The SMILES string of the molecule is CCCC(NC(=O)CC)(C(=O)O)C(=O)C(C)CS. The summed E-state index contributed by atoms with van der Waals surface area (Å²) in [5, 5.41) is 11.7. The van der Waals surface area contributed by atoms with Gasteiger partial charge in [0.2, 0.25) is 5.91 Å². The Bertz CT molecular complexity index is 332. The molecule has 0 aliphatic rings. The number of carbonyl (C=O) groups is 3. The van der Waals surface area contributed by atoms with Crippen LogP contribution in [-0.4, -0.2) is 34.1 Å². The van der Waals surface area contributed by atoms with E-state index in [0.717, 1.165) is 0 Å². The van der Waals surface area contributed by atoms with Gasteiger partial charge in [-0.2, -0.15) is 12.6 Å². The Balaban J connectivity index is 5.40. The van der Waals surface area contributed by atoms with Gasteiger partial charge in [0.25, 0.3) is 0 Å². The zero-order valence-corrected chi connectivity index (χ0v) is 11.9. The number of aliphatic carboxylic acids is 1. The van der Waals surface area contributed by atoms with Crippen molar-refractivity contribution in [3.05, 3.63) is 0 Å². The molecular weight excluding hydrogens is 254 g/mol. The normalized spacial score (nSPS) is 15.6. The summed E-state index contributed by atoms with van der Waals surface area (Å²) in [6, 6.07) is 0. The molecule has 2 N–H and O–H groups in total. The van der Waals surface area contributed by atoms with E-state index >= 15 is 0 Å². The molecule has 0 aromatic heterocycles. The van der Waals surface area contributed by atoms with E-state index in [9.17, 15) is 19.5 Å². The smallest absolute Gasteiger partial charge is 0.337 e. The summed E-state index contributed by atoms with van der Waals surface area (Å²) in [5.74, 6) is -2.50. The van der Waals surface area contributed by atoms with Crippen LogP contribution in [-0.2, 0) is 14.4 Å². The number of rotatable bonds is 8. The zero-order valence-electron chi connectivity index (χ0n) is 11.0. The number of amides is 1. The first kappa shape index (κ1) is 17.0. The van der Waals surface area contributed by atoms with E-state index in [2.05, 4.69) is 17.9 Å². The van der Waals surface area contributed by atoms with Crippen LogP contribution in [0.1, 0.15) is 40.0 Å². The molecule has 0 heterocycles. The van der Waals surface area contributed by atoms with E-state index in [1.807, 2.05) is 0 Å². The Morgan fingerprint density at radius 3 is 2.22 bits per heavy atom. The Morgan fingerprint density at radius 1 is 1.33 bits per heavy atom. The number of carboxylic acids is 1. The summed E-state index contributed by atoms with van der Waals surface area (Å²) in [7, 11) is 0. The van der Waals surface area contributed by atoms with E-state index in [1.54, 1.807) is 20.8 Å². The number of carbonyl (C=O) groups excluding carboxylic acids is 2. The molecule has 0 bridgehead atoms. The van der Waals surface area contributed by atoms with Crippen LogP contribution >= 0.6 is 12.6 Å². The molecule has 0 aromatic rings. The third-order valence-electron chi connectivity index (χ3n) is 2.81.